The van der Waals surface area contributed by atoms with Crippen LogP contribution in [0.15, 0.2) is 0 Å². The molecule has 90 valence electrons. The number of ether oxygens (including phenoxy) is 1. The Morgan fingerprint density at radius 3 is 2.80 bits per heavy atom. The second-order valence-corrected chi connectivity index (χ2v) is 5.14. The van der Waals surface area contributed by atoms with Gasteiger partial charge in [0.1, 0.15) is 0 Å². The smallest absolute Gasteiger partial charge is 0.0752 e. The molecule has 15 heavy (non-hydrogen) atoms. The van der Waals surface area contributed by atoms with Crippen molar-refractivity contribution < 1.29 is 4.74 Å². The van der Waals surface area contributed by atoms with Crippen LogP contribution in [0.3, 0.4) is 0 Å². The Labute approximate surface area is 94.2 Å². The maximum absolute atomic E-state index is 5.73. The third-order valence-corrected chi connectivity index (χ3v) is 3.00. The highest BCUT2D eigenvalue weighted by Gasteiger charge is 2.27. The number of hydrogen-bond donors (Lipinski definition) is 1. The lowest BCUT2D eigenvalue weighted by atomic mass is 10.1. The standard InChI is InChI=1S/C12H26N2O/c1-5-15-12(2,3)10-14-7-6-11(9-14)8-13-4/h11,13H,5-10H2,1-4H3. The Hall–Kier alpha value is -0.120. The van der Waals surface area contributed by atoms with Crippen molar-refractivity contribution in [1.29, 1.82) is 0 Å². The first kappa shape index (κ1) is 12.9. The highest BCUT2D eigenvalue weighted by molar-refractivity contribution is 4.82. The molecule has 3 nitrogen and oxygen atoms in total. The molecule has 0 aliphatic carbocycles. The zero-order chi connectivity index (χ0) is 11.3. The van der Waals surface area contributed by atoms with Gasteiger partial charge in [-0.15, -0.1) is 0 Å². The highest BCUT2D eigenvalue weighted by atomic mass is 16.5. The fraction of sp³-hybridized carbons (Fsp3) is 1.00. The zero-order valence-electron chi connectivity index (χ0n) is 10.7. The summed E-state index contributed by atoms with van der Waals surface area (Å²) < 4.78 is 5.73. The summed E-state index contributed by atoms with van der Waals surface area (Å²) in [7, 11) is 2.03. The van der Waals surface area contributed by atoms with Crippen molar-refractivity contribution in [2.75, 3.05) is 39.8 Å². The molecule has 1 heterocycles. The molecule has 1 aliphatic heterocycles. The van der Waals surface area contributed by atoms with Gasteiger partial charge in [0.15, 0.2) is 0 Å². The van der Waals surface area contributed by atoms with E-state index in [1.54, 1.807) is 0 Å². The van der Waals surface area contributed by atoms with E-state index in [0.717, 1.165) is 25.6 Å². The maximum Gasteiger partial charge on any atom is 0.0752 e. The van der Waals surface area contributed by atoms with Gasteiger partial charge < -0.3 is 15.0 Å². The van der Waals surface area contributed by atoms with Gasteiger partial charge in [0.2, 0.25) is 0 Å². The predicted molar refractivity (Wildman–Crippen MR) is 64.2 cm³/mol. The Balaban J connectivity index is 2.28. The van der Waals surface area contributed by atoms with Crippen LogP contribution in [0.2, 0.25) is 0 Å². The Bertz CT molecular complexity index is 182. The number of likely N-dealkylation sites (tertiary alicyclic amines) is 1. The molecular weight excluding hydrogens is 188 g/mol. The van der Waals surface area contributed by atoms with Crippen molar-refractivity contribution in [3.63, 3.8) is 0 Å². The van der Waals surface area contributed by atoms with E-state index in [1.807, 2.05) is 7.05 Å². The molecule has 1 saturated heterocycles. The summed E-state index contributed by atoms with van der Waals surface area (Å²) in [4.78, 5) is 2.53. The normalized spacial score (nSPS) is 23.6. The van der Waals surface area contributed by atoms with E-state index < -0.39 is 0 Å². The second-order valence-electron chi connectivity index (χ2n) is 5.14. The van der Waals surface area contributed by atoms with Crippen molar-refractivity contribution in [2.24, 2.45) is 5.92 Å². The minimum atomic E-state index is 0.00326. The van der Waals surface area contributed by atoms with Gasteiger partial charge in [0.25, 0.3) is 0 Å². The van der Waals surface area contributed by atoms with Gasteiger partial charge in [0.05, 0.1) is 5.60 Å². The summed E-state index contributed by atoms with van der Waals surface area (Å²) in [5.41, 5.74) is 0.00326. The molecule has 0 aromatic heterocycles. The predicted octanol–water partition coefficient (Wildman–Crippen LogP) is 1.34. The van der Waals surface area contributed by atoms with Gasteiger partial charge in [-0.05, 0) is 53.2 Å². The van der Waals surface area contributed by atoms with E-state index in [1.165, 1.54) is 19.5 Å². The van der Waals surface area contributed by atoms with E-state index in [2.05, 4.69) is 31.0 Å². The molecule has 0 spiro atoms. The molecule has 1 fully saturated rings. The number of nitrogens with zero attached hydrogens (tertiary/aromatic N) is 1. The Morgan fingerprint density at radius 1 is 1.47 bits per heavy atom. The lowest BCUT2D eigenvalue weighted by molar-refractivity contribution is -0.0307. The fourth-order valence-corrected chi connectivity index (χ4v) is 2.49. The van der Waals surface area contributed by atoms with Crippen LogP contribution in [0.25, 0.3) is 0 Å². The summed E-state index contributed by atoms with van der Waals surface area (Å²) in [5.74, 6) is 0.826. The van der Waals surface area contributed by atoms with Crippen LogP contribution in [0.1, 0.15) is 27.2 Å². The van der Waals surface area contributed by atoms with E-state index in [9.17, 15) is 0 Å². The van der Waals surface area contributed by atoms with Gasteiger partial charge in [0, 0.05) is 19.7 Å². The maximum atomic E-state index is 5.73. The second kappa shape index (κ2) is 5.83. The van der Waals surface area contributed by atoms with Crippen LogP contribution in [-0.4, -0.2) is 50.3 Å². The molecule has 0 saturated carbocycles. The molecule has 0 radical (unpaired) electrons. The van der Waals surface area contributed by atoms with Crippen molar-refractivity contribution >= 4 is 0 Å². The summed E-state index contributed by atoms with van der Waals surface area (Å²) in [5, 5.41) is 3.26. The van der Waals surface area contributed by atoms with E-state index in [0.29, 0.717) is 0 Å². The summed E-state index contributed by atoms with van der Waals surface area (Å²) >= 11 is 0. The molecule has 0 amide bonds. The average molecular weight is 214 g/mol. The van der Waals surface area contributed by atoms with Gasteiger partial charge >= 0.3 is 0 Å². The topological polar surface area (TPSA) is 24.5 Å². The molecule has 1 N–H and O–H groups in total. The molecule has 3 heteroatoms. The summed E-state index contributed by atoms with van der Waals surface area (Å²) in [6.45, 7) is 11.9. The fourth-order valence-electron chi connectivity index (χ4n) is 2.49. The number of nitrogens with one attached hydrogen (secondary N) is 1. The van der Waals surface area contributed by atoms with E-state index >= 15 is 0 Å². The van der Waals surface area contributed by atoms with Crippen LogP contribution >= 0.6 is 0 Å². The SMILES string of the molecule is CCOC(C)(C)CN1CCC(CNC)C1. The molecule has 0 bridgehead atoms. The zero-order valence-corrected chi connectivity index (χ0v) is 10.7. The largest absolute Gasteiger partial charge is 0.375 e. The van der Waals surface area contributed by atoms with Crippen molar-refractivity contribution in [3.05, 3.63) is 0 Å². The van der Waals surface area contributed by atoms with E-state index in [-0.39, 0.29) is 5.60 Å². The van der Waals surface area contributed by atoms with Crippen LogP contribution in [0.4, 0.5) is 0 Å². The van der Waals surface area contributed by atoms with Gasteiger partial charge in [-0.1, -0.05) is 0 Å². The molecule has 1 unspecified atom stereocenters. The quantitative estimate of drug-likeness (QED) is 0.722. The molecule has 0 aromatic rings. The van der Waals surface area contributed by atoms with Gasteiger partial charge in [-0.2, -0.15) is 0 Å². The molecule has 1 aliphatic rings. The van der Waals surface area contributed by atoms with Crippen LogP contribution < -0.4 is 5.32 Å². The van der Waals surface area contributed by atoms with Gasteiger partial charge in [-0.25, -0.2) is 0 Å². The van der Waals surface area contributed by atoms with E-state index in [4.69, 9.17) is 4.74 Å². The van der Waals surface area contributed by atoms with Crippen molar-refractivity contribution in [2.45, 2.75) is 32.8 Å². The lowest BCUT2D eigenvalue weighted by Crippen LogP contribution is -2.40. The first-order valence-electron chi connectivity index (χ1n) is 6.08. The minimum Gasteiger partial charge on any atom is -0.375 e. The summed E-state index contributed by atoms with van der Waals surface area (Å²) in [6.07, 6.45) is 1.32. The van der Waals surface area contributed by atoms with Crippen molar-refractivity contribution in [1.82, 2.24) is 10.2 Å². The molecular formula is C12H26N2O. The first-order chi connectivity index (χ1) is 7.07. The van der Waals surface area contributed by atoms with Gasteiger partial charge in [-0.3, -0.25) is 0 Å². The first-order valence-corrected chi connectivity index (χ1v) is 6.08. The average Bonchev–Trinajstić information content (AvgIpc) is 2.52. The third-order valence-electron chi connectivity index (χ3n) is 3.00. The molecule has 0 aromatic carbocycles. The van der Waals surface area contributed by atoms with Crippen LogP contribution in [0.5, 0.6) is 0 Å². The number of hydrogen-bond acceptors (Lipinski definition) is 3. The molecule has 1 atom stereocenters. The summed E-state index contributed by atoms with van der Waals surface area (Å²) in [6, 6.07) is 0. The monoisotopic (exact) mass is 214 g/mol. The third kappa shape index (κ3) is 4.49. The Morgan fingerprint density at radius 2 is 2.20 bits per heavy atom. The van der Waals surface area contributed by atoms with Crippen LogP contribution in [0, 0.1) is 5.92 Å². The van der Waals surface area contributed by atoms with Crippen molar-refractivity contribution in [3.8, 4) is 0 Å². The highest BCUT2D eigenvalue weighted by Crippen LogP contribution is 2.19. The number of rotatable bonds is 6. The van der Waals surface area contributed by atoms with Crippen LogP contribution in [-0.2, 0) is 4.74 Å². The molecule has 1 rings (SSSR count). The Kier molecular flexibility index (Phi) is 5.03. The minimum absolute atomic E-state index is 0.00326. The lowest BCUT2D eigenvalue weighted by Gasteiger charge is -2.30.